The van der Waals surface area contributed by atoms with E-state index in [0.29, 0.717) is 6.42 Å². The molecule has 0 spiro atoms. The third-order valence-corrected chi connectivity index (χ3v) is 4.45. The highest BCUT2D eigenvalue weighted by atomic mass is 32.2. The molecule has 0 aliphatic heterocycles. The largest absolute Gasteiger partial charge is 0.481 e. The van der Waals surface area contributed by atoms with Gasteiger partial charge in [-0.3, -0.25) is 4.79 Å². The van der Waals surface area contributed by atoms with E-state index < -0.39 is 5.97 Å². The Hall–Kier alpha value is -0.180. The second kappa shape index (κ2) is 7.15. The summed E-state index contributed by atoms with van der Waals surface area (Å²) in [6.07, 6.45) is 7.75. The number of thioether (sulfide) groups is 1. The molecule has 2 atom stereocenters. The number of carbonyl (C=O) groups is 1. The van der Waals surface area contributed by atoms with Crippen molar-refractivity contribution in [1.82, 2.24) is 0 Å². The minimum absolute atomic E-state index is 0.335. The zero-order valence-corrected chi connectivity index (χ0v) is 10.4. The smallest absolute Gasteiger partial charge is 0.303 e. The summed E-state index contributed by atoms with van der Waals surface area (Å²) < 4.78 is 0. The summed E-state index contributed by atoms with van der Waals surface area (Å²) in [7, 11) is 0. The minimum Gasteiger partial charge on any atom is -0.481 e. The van der Waals surface area contributed by atoms with E-state index in [4.69, 9.17) is 5.11 Å². The lowest BCUT2D eigenvalue weighted by atomic mass is 9.91. The molecule has 0 aromatic heterocycles. The Morgan fingerprint density at radius 1 is 1.40 bits per heavy atom. The summed E-state index contributed by atoms with van der Waals surface area (Å²) in [6.45, 7) is 2.34. The monoisotopic (exact) mass is 230 g/mol. The number of rotatable bonds is 6. The number of carboxylic acid groups (broad SMARTS) is 1. The van der Waals surface area contributed by atoms with Crippen LogP contribution >= 0.6 is 11.8 Å². The van der Waals surface area contributed by atoms with E-state index in [0.717, 1.165) is 29.8 Å². The summed E-state index contributed by atoms with van der Waals surface area (Å²) in [4.78, 5) is 10.3. The first-order valence-electron chi connectivity index (χ1n) is 6.02. The maximum atomic E-state index is 10.3. The number of unbranched alkanes of at least 4 members (excludes halogenated alkanes) is 1. The molecule has 15 heavy (non-hydrogen) atoms. The van der Waals surface area contributed by atoms with Crippen molar-refractivity contribution in [3.63, 3.8) is 0 Å². The Balaban J connectivity index is 1.97. The van der Waals surface area contributed by atoms with Gasteiger partial charge in [0, 0.05) is 11.7 Å². The van der Waals surface area contributed by atoms with Crippen LogP contribution in [0, 0.1) is 5.92 Å². The molecule has 1 N–H and O–H groups in total. The number of hydrogen-bond donors (Lipinski definition) is 1. The van der Waals surface area contributed by atoms with Crippen molar-refractivity contribution in [2.45, 2.75) is 57.1 Å². The first-order chi connectivity index (χ1) is 7.18. The predicted octanol–water partition coefficient (Wildman–Crippen LogP) is 3.55. The molecule has 88 valence electrons. The van der Waals surface area contributed by atoms with Gasteiger partial charge >= 0.3 is 5.97 Å². The van der Waals surface area contributed by atoms with Crippen LogP contribution in [0.25, 0.3) is 0 Å². The molecule has 1 aliphatic carbocycles. The van der Waals surface area contributed by atoms with Gasteiger partial charge in [-0.1, -0.05) is 19.8 Å². The van der Waals surface area contributed by atoms with Gasteiger partial charge in [0.05, 0.1) is 0 Å². The standard InChI is InChI=1S/C12H22O2S/c1-10-5-4-6-11(9-10)15-8-3-2-7-12(13)14/h10-11H,2-9H2,1H3,(H,13,14). The average Bonchev–Trinajstić information content (AvgIpc) is 2.17. The van der Waals surface area contributed by atoms with E-state index in [1.54, 1.807) is 0 Å². The van der Waals surface area contributed by atoms with Crippen molar-refractivity contribution in [1.29, 1.82) is 0 Å². The topological polar surface area (TPSA) is 37.3 Å². The van der Waals surface area contributed by atoms with Crippen molar-refractivity contribution in [2.75, 3.05) is 5.75 Å². The normalized spacial score (nSPS) is 26.5. The molecule has 3 heteroatoms. The fourth-order valence-corrected chi connectivity index (χ4v) is 3.66. The van der Waals surface area contributed by atoms with Gasteiger partial charge in [-0.05, 0) is 37.4 Å². The number of aliphatic carboxylic acids is 1. The second-order valence-electron chi connectivity index (χ2n) is 4.62. The van der Waals surface area contributed by atoms with Crippen molar-refractivity contribution < 1.29 is 9.90 Å². The maximum Gasteiger partial charge on any atom is 0.303 e. The zero-order valence-electron chi connectivity index (χ0n) is 9.58. The van der Waals surface area contributed by atoms with Gasteiger partial charge in [0.1, 0.15) is 0 Å². The van der Waals surface area contributed by atoms with Crippen LogP contribution < -0.4 is 0 Å². The Labute approximate surface area is 96.8 Å². The summed E-state index contributed by atoms with van der Waals surface area (Å²) in [5.74, 6) is 1.38. The molecule has 0 aromatic rings. The van der Waals surface area contributed by atoms with Crippen LogP contribution in [0.15, 0.2) is 0 Å². The molecule has 0 saturated heterocycles. The lowest BCUT2D eigenvalue weighted by Gasteiger charge is -2.26. The second-order valence-corrected chi connectivity index (χ2v) is 6.02. The van der Waals surface area contributed by atoms with E-state index in [9.17, 15) is 4.79 Å². The fourth-order valence-electron chi connectivity index (χ4n) is 2.16. The first-order valence-corrected chi connectivity index (χ1v) is 7.06. The molecule has 2 nitrogen and oxygen atoms in total. The summed E-state index contributed by atoms with van der Waals surface area (Å²) in [6, 6.07) is 0. The molecule has 1 rings (SSSR count). The maximum absolute atomic E-state index is 10.3. The predicted molar refractivity (Wildman–Crippen MR) is 65.4 cm³/mol. The molecular formula is C12H22O2S. The van der Waals surface area contributed by atoms with Gasteiger partial charge in [0.15, 0.2) is 0 Å². The molecule has 1 aliphatic rings. The van der Waals surface area contributed by atoms with Crippen LogP contribution in [0.2, 0.25) is 0 Å². The number of hydrogen-bond acceptors (Lipinski definition) is 2. The molecule has 0 radical (unpaired) electrons. The third kappa shape index (κ3) is 6.08. The van der Waals surface area contributed by atoms with Gasteiger partial charge in [-0.25, -0.2) is 0 Å². The van der Waals surface area contributed by atoms with E-state index >= 15 is 0 Å². The fraction of sp³-hybridized carbons (Fsp3) is 0.917. The van der Waals surface area contributed by atoms with Crippen LogP contribution in [-0.2, 0) is 4.79 Å². The molecule has 0 aromatic carbocycles. The zero-order chi connectivity index (χ0) is 11.1. The molecular weight excluding hydrogens is 208 g/mol. The van der Waals surface area contributed by atoms with Gasteiger partial charge in [0.25, 0.3) is 0 Å². The van der Waals surface area contributed by atoms with E-state index in [-0.39, 0.29) is 0 Å². The molecule has 1 fully saturated rings. The SMILES string of the molecule is CC1CCCC(SCCCCC(=O)O)C1. The van der Waals surface area contributed by atoms with Crippen LogP contribution in [0.4, 0.5) is 0 Å². The summed E-state index contributed by atoms with van der Waals surface area (Å²) in [5.41, 5.74) is 0. The Bertz CT molecular complexity index is 194. The highest BCUT2D eigenvalue weighted by molar-refractivity contribution is 7.99. The van der Waals surface area contributed by atoms with Crippen molar-refractivity contribution >= 4 is 17.7 Å². The van der Waals surface area contributed by atoms with Crippen LogP contribution in [-0.4, -0.2) is 22.1 Å². The van der Waals surface area contributed by atoms with Crippen molar-refractivity contribution in [3.05, 3.63) is 0 Å². The number of carboxylic acids is 1. The van der Waals surface area contributed by atoms with Crippen LogP contribution in [0.1, 0.15) is 51.9 Å². The van der Waals surface area contributed by atoms with Crippen molar-refractivity contribution in [3.8, 4) is 0 Å². The Morgan fingerprint density at radius 3 is 2.87 bits per heavy atom. The summed E-state index contributed by atoms with van der Waals surface area (Å²) >= 11 is 2.06. The molecule has 0 heterocycles. The highest BCUT2D eigenvalue weighted by Crippen LogP contribution is 2.32. The molecule has 1 saturated carbocycles. The third-order valence-electron chi connectivity index (χ3n) is 3.03. The Kier molecular flexibility index (Phi) is 6.15. The lowest BCUT2D eigenvalue weighted by Crippen LogP contribution is -2.15. The van der Waals surface area contributed by atoms with E-state index in [1.807, 2.05) is 0 Å². The lowest BCUT2D eigenvalue weighted by molar-refractivity contribution is -0.137. The minimum atomic E-state index is -0.661. The van der Waals surface area contributed by atoms with E-state index in [2.05, 4.69) is 18.7 Å². The van der Waals surface area contributed by atoms with Gasteiger partial charge in [-0.2, -0.15) is 11.8 Å². The van der Waals surface area contributed by atoms with Gasteiger partial charge in [-0.15, -0.1) is 0 Å². The summed E-state index contributed by atoms with van der Waals surface area (Å²) in [5, 5.41) is 9.34. The highest BCUT2D eigenvalue weighted by Gasteiger charge is 2.18. The van der Waals surface area contributed by atoms with Gasteiger partial charge in [0.2, 0.25) is 0 Å². The molecule has 0 bridgehead atoms. The van der Waals surface area contributed by atoms with Crippen LogP contribution in [0.5, 0.6) is 0 Å². The average molecular weight is 230 g/mol. The van der Waals surface area contributed by atoms with Crippen LogP contribution in [0.3, 0.4) is 0 Å². The van der Waals surface area contributed by atoms with E-state index in [1.165, 1.54) is 25.7 Å². The first kappa shape index (κ1) is 12.9. The Morgan fingerprint density at radius 2 is 2.20 bits per heavy atom. The quantitative estimate of drug-likeness (QED) is 0.709. The van der Waals surface area contributed by atoms with Crippen molar-refractivity contribution in [2.24, 2.45) is 5.92 Å². The van der Waals surface area contributed by atoms with Gasteiger partial charge < -0.3 is 5.11 Å². The molecule has 0 amide bonds. The molecule has 2 unspecified atom stereocenters.